The first kappa shape index (κ1) is 18.3. The maximum Gasteiger partial charge on any atom is 0.165 e. The average molecular weight is 412 g/mol. The van der Waals surface area contributed by atoms with Gasteiger partial charge in [-0.15, -0.1) is 0 Å². The zero-order valence-electron chi connectivity index (χ0n) is 14.8. The number of halogens is 2. The Kier molecular flexibility index (Phi) is 4.94. The highest BCUT2D eigenvalue weighted by molar-refractivity contribution is 6.36. The predicted octanol–water partition coefficient (Wildman–Crippen LogP) is 5.77. The Labute approximate surface area is 171 Å². The topological polar surface area (TPSA) is 59.1 Å². The molecule has 0 amide bonds. The van der Waals surface area contributed by atoms with Crippen LogP contribution in [-0.4, -0.2) is 27.8 Å². The van der Waals surface area contributed by atoms with Gasteiger partial charge in [-0.2, -0.15) is 0 Å². The van der Waals surface area contributed by atoms with E-state index in [1.165, 1.54) is 7.11 Å². The Bertz CT molecular complexity index is 1200. The first-order valence-corrected chi connectivity index (χ1v) is 9.16. The van der Waals surface area contributed by atoms with Crippen LogP contribution in [0.2, 0.25) is 10.0 Å². The molecule has 0 radical (unpaired) electrons. The van der Waals surface area contributed by atoms with Gasteiger partial charge < -0.3 is 9.84 Å². The van der Waals surface area contributed by atoms with Gasteiger partial charge in [-0.1, -0.05) is 35.3 Å². The number of benzene rings is 2. The van der Waals surface area contributed by atoms with Crippen molar-refractivity contribution in [2.45, 2.75) is 0 Å². The molecule has 7 heteroatoms. The molecule has 0 aliphatic rings. The molecule has 140 valence electrons. The second-order valence-electron chi connectivity index (χ2n) is 6.02. The third-order valence-corrected chi connectivity index (χ3v) is 4.81. The number of methoxy groups -OCH3 is 1. The molecule has 2 heterocycles. The van der Waals surface area contributed by atoms with Gasteiger partial charge in [0.25, 0.3) is 0 Å². The Hall–Kier alpha value is -3.02. The second kappa shape index (κ2) is 7.54. The zero-order chi connectivity index (χ0) is 19.7. The monoisotopic (exact) mass is 411 g/mol. The molecule has 0 aliphatic carbocycles. The van der Waals surface area contributed by atoms with Gasteiger partial charge in [-0.3, -0.25) is 4.40 Å². The third kappa shape index (κ3) is 3.42. The van der Waals surface area contributed by atoms with Crippen LogP contribution in [0.5, 0.6) is 11.5 Å². The van der Waals surface area contributed by atoms with Crippen LogP contribution in [0.15, 0.2) is 65.8 Å². The highest BCUT2D eigenvalue weighted by atomic mass is 35.5. The van der Waals surface area contributed by atoms with E-state index in [0.717, 1.165) is 16.8 Å². The smallest absolute Gasteiger partial charge is 0.165 e. The molecule has 0 spiro atoms. The van der Waals surface area contributed by atoms with Crippen molar-refractivity contribution in [2.24, 2.45) is 4.99 Å². The number of fused-ring (bicyclic) bond motifs is 1. The molecule has 0 saturated heterocycles. The van der Waals surface area contributed by atoms with E-state index in [1.54, 1.807) is 42.6 Å². The van der Waals surface area contributed by atoms with Crippen LogP contribution in [0.3, 0.4) is 0 Å². The molecule has 0 saturated carbocycles. The Morgan fingerprint density at radius 3 is 2.75 bits per heavy atom. The maximum absolute atomic E-state index is 9.89. The summed E-state index contributed by atoms with van der Waals surface area (Å²) in [5.74, 6) is 1.06. The van der Waals surface area contributed by atoms with E-state index >= 15 is 0 Å². The summed E-state index contributed by atoms with van der Waals surface area (Å²) >= 11 is 12.2. The van der Waals surface area contributed by atoms with Gasteiger partial charge in [0.15, 0.2) is 17.3 Å². The first-order valence-electron chi connectivity index (χ1n) is 8.40. The number of aliphatic imine (C=N–C) groups is 1. The molecule has 1 N–H and O–H groups in total. The fourth-order valence-electron chi connectivity index (χ4n) is 2.86. The van der Waals surface area contributed by atoms with E-state index in [1.807, 2.05) is 28.8 Å². The summed E-state index contributed by atoms with van der Waals surface area (Å²) in [6.45, 7) is 0. The van der Waals surface area contributed by atoms with E-state index in [9.17, 15) is 5.11 Å². The molecule has 28 heavy (non-hydrogen) atoms. The minimum Gasteiger partial charge on any atom is -0.504 e. The number of rotatable bonds is 4. The number of imidazole rings is 1. The van der Waals surface area contributed by atoms with E-state index in [2.05, 4.69) is 4.99 Å². The number of hydrogen-bond acceptors (Lipinski definition) is 4. The van der Waals surface area contributed by atoms with Crippen molar-refractivity contribution in [2.75, 3.05) is 7.11 Å². The van der Waals surface area contributed by atoms with E-state index in [-0.39, 0.29) is 5.75 Å². The largest absolute Gasteiger partial charge is 0.504 e. The van der Waals surface area contributed by atoms with E-state index < -0.39 is 0 Å². The van der Waals surface area contributed by atoms with E-state index in [4.69, 9.17) is 32.9 Å². The Morgan fingerprint density at radius 2 is 1.96 bits per heavy atom. The summed E-state index contributed by atoms with van der Waals surface area (Å²) in [6, 6.07) is 16.0. The number of phenols is 1. The molecule has 4 aromatic rings. The third-order valence-electron chi connectivity index (χ3n) is 4.25. The van der Waals surface area contributed by atoms with Crippen molar-refractivity contribution < 1.29 is 9.84 Å². The zero-order valence-corrected chi connectivity index (χ0v) is 16.3. The normalized spacial score (nSPS) is 11.4. The lowest BCUT2D eigenvalue weighted by molar-refractivity contribution is 0.373. The molecular weight excluding hydrogens is 397 g/mol. The van der Waals surface area contributed by atoms with Crippen LogP contribution >= 0.6 is 23.2 Å². The number of aromatic hydroxyl groups is 1. The second-order valence-corrected chi connectivity index (χ2v) is 6.87. The molecule has 5 nitrogen and oxygen atoms in total. The molecule has 0 unspecified atom stereocenters. The molecule has 4 rings (SSSR count). The summed E-state index contributed by atoms with van der Waals surface area (Å²) in [4.78, 5) is 9.35. The number of hydrogen-bond donors (Lipinski definition) is 1. The van der Waals surface area contributed by atoms with Crippen molar-refractivity contribution in [1.82, 2.24) is 9.38 Å². The van der Waals surface area contributed by atoms with Gasteiger partial charge >= 0.3 is 0 Å². The van der Waals surface area contributed by atoms with Gasteiger partial charge in [0.2, 0.25) is 0 Å². The van der Waals surface area contributed by atoms with Crippen molar-refractivity contribution in [1.29, 1.82) is 0 Å². The summed E-state index contributed by atoms with van der Waals surface area (Å²) in [7, 11) is 1.50. The van der Waals surface area contributed by atoms with Crippen molar-refractivity contribution >= 4 is 40.9 Å². The predicted molar refractivity (Wildman–Crippen MR) is 113 cm³/mol. The fraction of sp³-hybridized carbons (Fsp3) is 0.0476. The number of nitrogens with zero attached hydrogens (tertiary/aromatic N) is 3. The molecular formula is C21H15Cl2N3O2. The molecule has 2 aromatic carbocycles. The van der Waals surface area contributed by atoms with Crippen molar-refractivity contribution in [3.63, 3.8) is 0 Å². The molecule has 0 fully saturated rings. The highest BCUT2D eigenvalue weighted by Crippen LogP contribution is 2.36. The summed E-state index contributed by atoms with van der Waals surface area (Å²) in [5, 5.41) is 11.0. The standard InChI is InChI=1S/C21H15Cl2N3O2/c1-28-18-10-13(6-8-17(18)27)20-21(26-9-3-2-4-19(26)25-20)24-12-14-5-7-15(22)11-16(14)23/h2-12,27H,1H3/b24-12+. The number of aromatic nitrogens is 2. The van der Waals surface area contributed by atoms with Crippen LogP contribution in [0, 0.1) is 0 Å². The fourth-order valence-corrected chi connectivity index (χ4v) is 3.32. The summed E-state index contributed by atoms with van der Waals surface area (Å²) < 4.78 is 7.11. The number of phenolic OH excluding ortho intramolecular Hbond substituents is 1. The highest BCUT2D eigenvalue weighted by Gasteiger charge is 2.15. The van der Waals surface area contributed by atoms with Gasteiger partial charge in [0.1, 0.15) is 11.3 Å². The van der Waals surface area contributed by atoms with Crippen LogP contribution in [0.4, 0.5) is 5.82 Å². The minimum atomic E-state index is 0.0630. The molecule has 0 bridgehead atoms. The average Bonchev–Trinajstić information content (AvgIpc) is 3.06. The van der Waals surface area contributed by atoms with Gasteiger partial charge in [-0.05, 0) is 42.5 Å². The van der Waals surface area contributed by atoms with Gasteiger partial charge in [0.05, 0.1) is 12.1 Å². The lowest BCUT2D eigenvalue weighted by Gasteiger charge is -2.06. The summed E-state index contributed by atoms with van der Waals surface area (Å²) in [6.07, 6.45) is 3.57. The van der Waals surface area contributed by atoms with Gasteiger partial charge in [-0.25, -0.2) is 9.98 Å². The lowest BCUT2D eigenvalue weighted by Crippen LogP contribution is -1.87. The molecule has 0 aliphatic heterocycles. The first-order chi connectivity index (χ1) is 13.6. The van der Waals surface area contributed by atoms with Crippen LogP contribution < -0.4 is 4.74 Å². The van der Waals surface area contributed by atoms with Crippen LogP contribution in [-0.2, 0) is 0 Å². The Balaban J connectivity index is 1.87. The van der Waals surface area contributed by atoms with Crippen LogP contribution in [0.1, 0.15) is 5.56 Å². The Morgan fingerprint density at radius 1 is 1.11 bits per heavy atom. The quantitative estimate of drug-likeness (QED) is 0.433. The molecule has 0 atom stereocenters. The SMILES string of the molecule is COc1cc(-c2nc3ccccn3c2/N=C/c2ccc(Cl)cc2Cl)ccc1O. The van der Waals surface area contributed by atoms with Crippen LogP contribution in [0.25, 0.3) is 16.9 Å². The molecule has 2 aromatic heterocycles. The summed E-state index contributed by atoms with van der Waals surface area (Å²) in [5.41, 5.74) is 2.92. The lowest BCUT2D eigenvalue weighted by atomic mass is 10.1. The number of ether oxygens (including phenoxy) is 1. The minimum absolute atomic E-state index is 0.0630. The van der Waals surface area contributed by atoms with Gasteiger partial charge in [0, 0.05) is 28.6 Å². The van der Waals surface area contributed by atoms with Crippen molar-refractivity contribution in [3.8, 4) is 22.8 Å². The van der Waals surface area contributed by atoms with E-state index in [0.29, 0.717) is 27.3 Å². The van der Waals surface area contributed by atoms with Crippen molar-refractivity contribution in [3.05, 3.63) is 76.4 Å². The number of pyridine rings is 1. The maximum atomic E-state index is 9.89.